The Morgan fingerprint density at radius 2 is 1.94 bits per heavy atom. The third-order valence-electron chi connectivity index (χ3n) is 5.63. The second kappa shape index (κ2) is 10.7. The van der Waals surface area contributed by atoms with Crippen LogP contribution in [0.1, 0.15) is 44.6 Å². The van der Waals surface area contributed by atoms with Crippen molar-refractivity contribution < 1.29 is 14.3 Å². The first kappa shape index (κ1) is 22.5. The van der Waals surface area contributed by atoms with Crippen LogP contribution >= 0.6 is 0 Å². The third kappa shape index (κ3) is 5.38. The molecule has 0 spiro atoms. The number of hydrogen-bond donors (Lipinski definition) is 2. The Kier molecular flexibility index (Phi) is 7.32. The largest absolute Gasteiger partial charge is 0.385 e. The monoisotopic (exact) mass is 444 g/mol. The van der Waals surface area contributed by atoms with Crippen molar-refractivity contribution in [1.82, 2.24) is 15.2 Å². The number of benzene rings is 2. The summed E-state index contributed by atoms with van der Waals surface area (Å²) in [5, 5.41) is 6.40. The Morgan fingerprint density at radius 1 is 1.09 bits per heavy atom. The molecule has 0 saturated heterocycles. The first-order valence-corrected chi connectivity index (χ1v) is 11.1. The van der Waals surface area contributed by atoms with Gasteiger partial charge in [0.2, 0.25) is 0 Å². The summed E-state index contributed by atoms with van der Waals surface area (Å²) in [5.41, 5.74) is 3.91. The van der Waals surface area contributed by atoms with E-state index in [0.29, 0.717) is 37.2 Å². The number of carbonyl (C=O) groups excluding carboxylic acids is 2. The van der Waals surface area contributed by atoms with Gasteiger partial charge in [-0.2, -0.15) is 0 Å². The maximum Gasteiger partial charge on any atom is 0.256 e. The van der Waals surface area contributed by atoms with Crippen molar-refractivity contribution in [2.45, 2.75) is 19.0 Å². The molecule has 1 atom stereocenters. The number of ether oxygens (including phenoxy) is 1. The number of aromatic nitrogens is 1. The van der Waals surface area contributed by atoms with Gasteiger partial charge in [-0.15, -0.1) is 0 Å². The van der Waals surface area contributed by atoms with Crippen molar-refractivity contribution >= 4 is 17.5 Å². The molecule has 1 aliphatic heterocycles. The highest BCUT2D eigenvalue weighted by molar-refractivity contribution is 5.99. The Balaban J connectivity index is 1.44. The van der Waals surface area contributed by atoms with E-state index in [1.807, 2.05) is 65.6 Å². The zero-order valence-corrected chi connectivity index (χ0v) is 18.7. The van der Waals surface area contributed by atoms with E-state index in [1.165, 1.54) is 0 Å². The fourth-order valence-corrected chi connectivity index (χ4v) is 4.00. The first-order valence-electron chi connectivity index (χ1n) is 11.1. The lowest BCUT2D eigenvalue weighted by molar-refractivity contribution is 0.0721. The number of fused-ring (bicyclic) bond motifs is 1. The van der Waals surface area contributed by atoms with Crippen LogP contribution in [0.2, 0.25) is 0 Å². The van der Waals surface area contributed by atoms with Gasteiger partial charge in [-0.3, -0.25) is 14.6 Å². The number of carbonyl (C=O) groups is 2. The average molecular weight is 445 g/mol. The topological polar surface area (TPSA) is 83.6 Å². The SMILES string of the molecule is COCCCN1C(=O)c2ccccc2C1Nc1cccc(C(=O)NCCc2ccccn2)c1. The van der Waals surface area contributed by atoms with Crippen LogP contribution in [0.3, 0.4) is 0 Å². The summed E-state index contributed by atoms with van der Waals surface area (Å²) in [6, 6.07) is 20.7. The molecule has 2 N–H and O–H groups in total. The Labute approximate surface area is 193 Å². The van der Waals surface area contributed by atoms with Crippen molar-refractivity contribution in [3.63, 3.8) is 0 Å². The molecule has 1 aliphatic rings. The predicted octanol–water partition coefficient (Wildman–Crippen LogP) is 3.66. The highest BCUT2D eigenvalue weighted by atomic mass is 16.5. The maximum absolute atomic E-state index is 13.0. The number of rotatable bonds is 10. The van der Waals surface area contributed by atoms with Gasteiger partial charge in [-0.05, 0) is 42.8 Å². The second-order valence-electron chi connectivity index (χ2n) is 7.89. The van der Waals surface area contributed by atoms with Crippen LogP contribution in [0, 0.1) is 0 Å². The van der Waals surface area contributed by atoms with Crippen molar-refractivity contribution in [2.24, 2.45) is 0 Å². The summed E-state index contributed by atoms with van der Waals surface area (Å²) in [6.45, 7) is 1.67. The van der Waals surface area contributed by atoms with Gasteiger partial charge >= 0.3 is 0 Å². The van der Waals surface area contributed by atoms with E-state index >= 15 is 0 Å². The molecule has 0 saturated carbocycles. The number of nitrogens with zero attached hydrogens (tertiary/aromatic N) is 2. The summed E-state index contributed by atoms with van der Waals surface area (Å²) in [4.78, 5) is 31.8. The minimum atomic E-state index is -0.298. The Hall–Kier alpha value is -3.71. The molecular formula is C26H28N4O3. The molecule has 33 heavy (non-hydrogen) atoms. The van der Waals surface area contributed by atoms with Crippen LogP contribution in [0.25, 0.3) is 0 Å². The molecular weight excluding hydrogens is 416 g/mol. The van der Waals surface area contributed by atoms with Crippen LogP contribution < -0.4 is 10.6 Å². The number of amides is 2. The number of methoxy groups -OCH3 is 1. The number of pyridine rings is 1. The van der Waals surface area contributed by atoms with Gasteiger partial charge in [0.25, 0.3) is 11.8 Å². The standard InChI is InChI=1S/C26H28N4O3/c1-33-17-7-16-30-24(22-11-2-3-12-23(22)26(30)32)29-21-10-6-8-19(18-21)25(31)28-15-13-20-9-4-5-14-27-20/h2-6,8-12,14,18,24,29H,7,13,15-17H2,1H3,(H,28,31). The smallest absolute Gasteiger partial charge is 0.256 e. The summed E-state index contributed by atoms with van der Waals surface area (Å²) < 4.78 is 5.16. The van der Waals surface area contributed by atoms with Crippen molar-refractivity contribution in [2.75, 3.05) is 32.1 Å². The molecule has 4 rings (SSSR count). The Bertz CT molecular complexity index is 1100. The van der Waals surface area contributed by atoms with E-state index < -0.39 is 0 Å². The molecule has 0 fully saturated rings. The van der Waals surface area contributed by atoms with Gasteiger partial charge in [-0.1, -0.05) is 30.3 Å². The molecule has 2 heterocycles. The van der Waals surface area contributed by atoms with Gasteiger partial charge in [0.05, 0.1) is 0 Å². The zero-order chi connectivity index (χ0) is 23.0. The minimum absolute atomic E-state index is 0.00243. The first-order chi connectivity index (χ1) is 16.2. The quantitative estimate of drug-likeness (QED) is 0.467. The van der Waals surface area contributed by atoms with E-state index in [1.54, 1.807) is 19.4 Å². The summed E-state index contributed by atoms with van der Waals surface area (Å²) in [5.74, 6) is -0.142. The molecule has 1 aromatic heterocycles. The lowest BCUT2D eigenvalue weighted by atomic mass is 10.1. The molecule has 2 amide bonds. The molecule has 0 radical (unpaired) electrons. The van der Waals surface area contributed by atoms with Crippen LogP contribution in [0.15, 0.2) is 72.9 Å². The molecule has 0 aliphatic carbocycles. The van der Waals surface area contributed by atoms with E-state index in [0.717, 1.165) is 23.4 Å². The van der Waals surface area contributed by atoms with Gasteiger partial charge in [-0.25, -0.2) is 0 Å². The predicted molar refractivity (Wildman–Crippen MR) is 127 cm³/mol. The van der Waals surface area contributed by atoms with E-state index in [4.69, 9.17) is 4.74 Å². The molecule has 1 unspecified atom stereocenters. The summed E-state index contributed by atoms with van der Waals surface area (Å²) in [6.07, 6.45) is 2.86. The lowest BCUT2D eigenvalue weighted by Crippen LogP contribution is -2.33. The second-order valence-corrected chi connectivity index (χ2v) is 7.89. The minimum Gasteiger partial charge on any atom is -0.385 e. The molecule has 7 nitrogen and oxygen atoms in total. The van der Waals surface area contributed by atoms with Crippen LogP contribution in [-0.2, 0) is 11.2 Å². The van der Waals surface area contributed by atoms with Crippen molar-refractivity contribution in [1.29, 1.82) is 0 Å². The molecule has 2 aromatic carbocycles. The highest BCUT2D eigenvalue weighted by Crippen LogP contribution is 2.34. The Morgan fingerprint density at radius 3 is 2.76 bits per heavy atom. The van der Waals surface area contributed by atoms with E-state index in [-0.39, 0.29) is 18.0 Å². The highest BCUT2D eigenvalue weighted by Gasteiger charge is 2.36. The normalized spacial score (nSPS) is 14.8. The van der Waals surface area contributed by atoms with Gasteiger partial charge in [0, 0.05) is 67.5 Å². The average Bonchev–Trinajstić information content (AvgIpc) is 3.11. The van der Waals surface area contributed by atoms with E-state index in [9.17, 15) is 9.59 Å². The van der Waals surface area contributed by atoms with Gasteiger partial charge in [0.1, 0.15) is 6.17 Å². The lowest BCUT2D eigenvalue weighted by Gasteiger charge is -2.27. The van der Waals surface area contributed by atoms with Crippen LogP contribution in [0.4, 0.5) is 5.69 Å². The number of hydrogen-bond acceptors (Lipinski definition) is 5. The fourth-order valence-electron chi connectivity index (χ4n) is 4.00. The van der Waals surface area contributed by atoms with Crippen LogP contribution in [-0.4, -0.2) is 48.5 Å². The molecule has 3 aromatic rings. The summed E-state index contributed by atoms with van der Waals surface area (Å²) >= 11 is 0. The van der Waals surface area contributed by atoms with Crippen LogP contribution in [0.5, 0.6) is 0 Å². The third-order valence-corrected chi connectivity index (χ3v) is 5.63. The zero-order valence-electron chi connectivity index (χ0n) is 18.7. The summed E-state index contributed by atoms with van der Waals surface area (Å²) in [7, 11) is 1.66. The maximum atomic E-state index is 13.0. The van der Waals surface area contributed by atoms with Gasteiger partial charge < -0.3 is 20.3 Å². The fraction of sp³-hybridized carbons (Fsp3) is 0.269. The van der Waals surface area contributed by atoms with E-state index in [2.05, 4.69) is 15.6 Å². The van der Waals surface area contributed by atoms with Gasteiger partial charge in [0.15, 0.2) is 0 Å². The van der Waals surface area contributed by atoms with Crippen molar-refractivity contribution in [3.8, 4) is 0 Å². The number of nitrogens with one attached hydrogen (secondary N) is 2. The molecule has 170 valence electrons. The van der Waals surface area contributed by atoms with Crippen molar-refractivity contribution in [3.05, 3.63) is 95.3 Å². The number of anilines is 1. The molecule has 7 heteroatoms. The molecule has 0 bridgehead atoms.